The molecule has 0 radical (unpaired) electrons. The number of urea groups is 1. The summed E-state index contributed by atoms with van der Waals surface area (Å²) in [5, 5.41) is 5.86. The summed E-state index contributed by atoms with van der Waals surface area (Å²) in [4.78, 5) is 28.4. The molecule has 3 N–H and O–H groups in total. The molecule has 0 spiro atoms. The van der Waals surface area contributed by atoms with Crippen molar-refractivity contribution in [3.8, 4) is 11.3 Å². The lowest BCUT2D eigenvalue weighted by Gasteiger charge is -2.13. The third-order valence-corrected chi connectivity index (χ3v) is 4.33. The van der Waals surface area contributed by atoms with Gasteiger partial charge in [0.25, 0.3) is 0 Å². The number of amides is 2. The van der Waals surface area contributed by atoms with Crippen LogP contribution in [0.15, 0.2) is 53.3 Å². The van der Waals surface area contributed by atoms with Crippen molar-refractivity contribution in [1.82, 2.24) is 10.3 Å². The Morgan fingerprint density at radius 1 is 1.11 bits per heavy atom. The molecule has 6 heteroatoms. The van der Waals surface area contributed by atoms with Crippen molar-refractivity contribution in [3.63, 3.8) is 0 Å². The zero-order valence-electron chi connectivity index (χ0n) is 15.1. The number of pyridine rings is 1. The van der Waals surface area contributed by atoms with E-state index in [1.54, 1.807) is 36.4 Å². The first kappa shape index (κ1) is 18.6. The van der Waals surface area contributed by atoms with E-state index in [1.807, 2.05) is 0 Å². The molecule has 0 unspecified atom stereocenters. The SMILES string of the molecule is CCCCCNC(=O)Nc1c(-c2cccc(F)c2)[nH]c2ccccc2c1=O. The van der Waals surface area contributed by atoms with Crippen molar-refractivity contribution >= 4 is 22.6 Å². The minimum Gasteiger partial charge on any atom is -0.353 e. The number of halogens is 1. The number of nitrogens with one attached hydrogen (secondary N) is 3. The molecule has 0 saturated carbocycles. The number of hydrogen-bond acceptors (Lipinski definition) is 2. The summed E-state index contributed by atoms with van der Waals surface area (Å²) in [7, 11) is 0. The van der Waals surface area contributed by atoms with Crippen LogP contribution in [0.3, 0.4) is 0 Å². The number of rotatable bonds is 6. The molecule has 0 atom stereocenters. The Bertz CT molecular complexity index is 1010. The molecule has 1 heterocycles. The summed E-state index contributed by atoms with van der Waals surface area (Å²) in [6, 6.07) is 12.5. The maximum absolute atomic E-state index is 13.7. The van der Waals surface area contributed by atoms with Gasteiger partial charge in [0.2, 0.25) is 5.43 Å². The van der Waals surface area contributed by atoms with Crippen LogP contribution >= 0.6 is 0 Å². The minimum atomic E-state index is -0.454. The maximum Gasteiger partial charge on any atom is 0.319 e. The number of carbonyl (C=O) groups excluding carboxylic acids is 1. The second-order valence-corrected chi connectivity index (χ2v) is 6.35. The molecule has 27 heavy (non-hydrogen) atoms. The first-order valence-electron chi connectivity index (χ1n) is 9.06. The summed E-state index contributed by atoms with van der Waals surface area (Å²) >= 11 is 0. The highest BCUT2D eigenvalue weighted by Crippen LogP contribution is 2.26. The zero-order chi connectivity index (χ0) is 19.2. The highest BCUT2D eigenvalue weighted by Gasteiger charge is 2.16. The van der Waals surface area contributed by atoms with E-state index in [0.717, 1.165) is 19.3 Å². The van der Waals surface area contributed by atoms with Crippen LogP contribution in [0.2, 0.25) is 0 Å². The van der Waals surface area contributed by atoms with E-state index in [9.17, 15) is 14.0 Å². The lowest BCUT2D eigenvalue weighted by atomic mass is 10.1. The van der Waals surface area contributed by atoms with E-state index in [0.29, 0.717) is 28.7 Å². The smallest absolute Gasteiger partial charge is 0.319 e. The quantitative estimate of drug-likeness (QED) is 0.555. The van der Waals surface area contributed by atoms with E-state index in [2.05, 4.69) is 22.5 Å². The average molecular weight is 367 g/mol. The molecular weight excluding hydrogens is 345 g/mol. The van der Waals surface area contributed by atoms with Crippen LogP contribution in [0.5, 0.6) is 0 Å². The third-order valence-electron chi connectivity index (χ3n) is 4.33. The van der Waals surface area contributed by atoms with Crippen LogP contribution in [-0.2, 0) is 0 Å². The molecule has 2 amide bonds. The van der Waals surface area contributed by atoms with Crippen LogP contribution in [0.1, 0.15) is 26.2 Å². The van der Waals surface area contributed by atoms with E-state index in [1.165, 1.54) is 12.1 Å². The highest BCUT2D eigenvalue weighted by atomic mass is 19.1. The molecule has 0 bridgehead atoms. The Morgan fingerprint density at radius 2 is 1.93 bits per heavy atom. The van der Waals surface area contributed by atoms with Gasteiger partial charge >= 0.3 is 6.03 Å². The van der Waals surface area contributed by atoms with Gasteiger partial charge in [-0.1, -0.05) is 44.0 Å². The number of unbranched alkanes of at least 4 members (excludes halogenated alkanes) is 2. The van der Waals surface area contributed by atoms with Crippen LogP contribution in [0.25, 0.3) is 22.2 Å². The van der Waals surface area contributed by atoms with Gasteiger partial charge in [0.1, 0.15) is 11.5 Å². The Kier molecular flexibility index (Phi) is 5.86. The fourth-order valence-corrected chi connectivity index (χ4v) is 2.95. The van der Waals surface area contributed by atoms with Crippen molar-refractivity contribution in [3.05, 3.63) is 64.6 Å². The first-order chi connectivity index (χ1) is 13.1. The Balaban J connectivity index is 2.01. The molecule has 0 fully saturated rings. The molecule has 0 aliphatic carbocycles. The number of hydrogen-bond donors (Lipinski definition) is 3. The van der Waals surface area contributed by atoms with Gasteiger partial charge < -0.3 is 15.6 Å². The highest BCUT2D eigenvalue weighted by molar-refractivity contribution is 5.97. The number of carbonyl (C=O) groups is 1. The number of benzene rings is 2. The second-order valence-electron chi connectivity index (χ2n) is 6.35. The second kappa shape index (κ2) is 8.49. The molecule has 0 aliphatic rings. The van der Waals surface area contributed by atoms with Crippen LogP contribution < -0.4 is 16.1 Å². The minimum absolute atomic E-state index is 0.104. The summed E-state index contributed by atoms with van der Waals surface area (Å²) in [6.07, 6.45) is 2.94. The molecule has 1 aromatic heterocycles. The molecule has 140 valence electrons. The summed E-state index contributed by atoms with van der Waals surface area (Å²) in [5.41, 5.74) is 1.27. The van der Waals surface area contributed by atoms with Crippen molar-refractivity contribution < 1.29 is 9.18 Å². The molecule has 2 aromatic carbocycles. The largest absolute Gasteiger partial charge is 0.353 e. The van der Waals surface area contributed by atoms with Gasteiger partial charge in [-0.25, -0.2) is 9.18 Å². The van der Waals surface area contributed by atoms with Gasteiger partial charge in [-0.3, -0.25) is 4.79 Å². The summed E-state index contributed by atoms with van der Waals surface area (Å²) in [6.45, 7) is 2.61. The molecule has 0 aliphatic heterocycles. The number of anilines is 1. The monoisotopic (exact) mass is 367 g/mol. The van der Waals surface area contributed by atoms with Gasteiger partial charge in [-0.2, -0.15) is 0 Å². The lowest BCUT2D eigenvalue weighted by molar-refractivity contribution is 0.252. The zero-order valence-corrected chi connectivity index (χ0v) is 15.1. The number of H-pyrrole nitrogens is 1. The van der Waals surface area contributed by atoms with Crippen LogP contribution in [0, 0.1) is 5.82 Å². The normalized spacial score (nSPS) is 10.7. The van der Waals surface area contributed by atoms with Gasteiger partial charge in [0, 0.05) is 23.0 Å². The van der Waals surface area contributed by atoms with Crippen LogP contribution in [0.4, 0.5) is 14.9 Å². The Labute approximate surface area is 156 Å². The molecule has 3 rings (SSSR count). The summed E-state index contributed by atoms with van der Waals surface area (Å²) in [5.74, 6) is -0.420. The fourth-order valence-electron chi connectivity index (χ4n) is 2.95. The van der Waals surface area contributed by atoms with E-state index in [4.69, 9.17) is 0 Å². The first-order valence-corrected chi connectivity index (χ1v) is 9.06. The van der Waals surface area contributed by atoms with Crippen molar-refractivity contribution in [2.45, 2.75) is 26.2 Å². The summed E-state index contributed by atoms with van der Waals surface area (Å²) < 4.78 is 13.7. The van der Waals surface area contributed by atoms with Crippen molar-refractivity contribution in [2.24, 2.45) is 0 Å². The number of aromatic amines is 1. The van der Waals surface area contributed by atoms with Crippen LogP contribution in [-0.4, -0.2) is 17.6 Å². The van der Waals surface area contributed by atoms with Crippen molar-refractivity contribution in [2.75, 3.05) is 11.9 Å². The topological polar surface area (TPSA) is 74.0 Å². The van der Waals surface area contributed by atoms with Gasteiger partial charge in [0.05, 0.1) is 5.69 Å². The standard InChI is InChI=1S/C21H22FN3O2/c1-2-3-6-12-23-21(27)25-19-18(14-8-7-9-15(22)13-14)24-17-11-5-4-10-16(17)20(19)26/h4-5,7-11,13H,2-3,6,12H2,1H3,(H,24,26)(H2,23,25,27). The molecule has 3 aromatic rings. The third kappa shape index (κ3) is 4.34. The molecular formula is C21H22FN3O2. The van der Waals surface area contributed by atoms with Crippen molar-refractivity contribution in [1.29, 1.82) is 0 Å². The lowest BCUT2D eigenvalue weighted by Crippen LogP contribution is -2.32. The molecule has 0 saturated heterocycles. The van der Waals surface area contributed by atoms with Gasteiger partial charge in [-0.05, 0) is 30.7 Å². The predicted octanol–water partition coefficient (Wildman–Crippen LogP) is 4.65. The fraction of sp³-hybridized carbons (Fsp3) is 0.238. The van der Waals surface area contributed by atoms with Gasteiger partial charge in [0.15, 0.2) is 0 Å². The Morgan fingerprint density at radius 3 is 2.70 bits per heavy atom. The number of fused-ring (bicyclic) bond motifs is 1. The maximum atomic E-state index is 13.7. The van der Waals surface area contributed by atoms with E-state index in [-0.39, 0.29) is 11.1 Å². The number of para-hydroxylation sites is 1. The van der Waals surface area contributed by atoms with E-state index >= 15 is 0 Å². The van der Waals surface area contributed by atoms with Gasteiger partial charge in [-0.15, -0.1) is 0 Å². The molecule has 5 nitrogen and oxygen atoms in total. The van der Waals surface area contributed by atoms with E-state index < -0.39 is 11.8 Å². The average Bonchev–Trinajstić information content (AvgIpc) is 2.67. The predicted molar refractivity (Wildman–Crippen MR) is 107 cm³/mol. The number of aromatic nitrogens is 1. The Hall–Kier alpha value is -3.15.